The van der Waals surface area contributed by atoms with Crippen molar-refractivity contribution in [3.63, 3.8) is 0 Å². The summed E-state index contributed by atoms with van der Waals surface area (Å²) in [6.45, 7) is 5.64. The standard InChI is InChI=1S/C29H29ClN6O3S/c30-23-16-20(6-7-24(23)39-18-21-4-1-2-9-31-21)34-28-27-22-8-11-36(17-25(22)40-29(27)33-19-32-28)26(37)5-3-10-35-12-14-38-15-13-35/h1-7,9,16,19H,8,10-15,17-18H2,(H,32,33,34)/b5-3+. The van der Waals surface area contributed by atoms with Gasteiger partial charge in [-0.25, -0.2) is 9.97 Å². The van der Waals surface area contributed by atoms with Crippen molar-refractivity contribution in [3.05, 3.63) is 82.2 Å². The molecule has 0 radical (unpaired) electrons. The second kappa shape index (κ2) is 12.3. The molecule has 0 saturated carbocycles. The number of hydrogen-bond donors (Lipinski definition) is 1. The van der Waals surface area contributed by atoms with Crippen LogP contribution in [0.4, 0.5) is 11.5 Å². The van der Waals surface area contributed by atoms with E-state index in [2.05, 4.69) is 25.2 Å². The largest absolute Gasteiger partial charge is 0.486 e. The average Bonchev–Trinajstić information content (AvgIpc) is 3.37. The molecule has 2 aliphatic rings. The molecule has 0 spiro atoms. The molecule has 3 aromatic heterocycles. The summed E-state index contributed by atoms with van der Waals surface area (Å²) in [7, 11) is 0. The van der Waals surface area contributed by atoms with Gasteiger partial charge in [-0.05, 0) is 42.3 Å². The van der Waals surface area contributed by atoms with Crippen LogP contribution in [-0.2, 0) is 29.1 Å². The number of halogens is 1. The Balaban J connectivity index is 1.13. The molecule has 0 unspecified atom stereocenters. The first kappa shape index (κ1) is 26.6. The van der Waals surface area contributed by atoms with E-state index in [0.717, 1.165) is 71.6 Å². The molecule has 1 saturated heterocycles. The lowest BCUT2D eigenvalue weighted by atomic mass is 10.0. The Bertz CT molecular complexity index is 1520. The Kier molecular flexibility index (Phi) is 8.19. The fourth-order valence-corrected chi connectivity index (χ4v) is 6.31. The fraction of sp³-hybridized carbons (Fsp3) is 0.310. The summed E-state index contributed by atoms with van der Waals surface area (Å²) in [5.74, 6) is 1.36. The molecule has 0 aliphatic carbocycles. The normalized spacial score (nSPS) is 15.9. The number of carbonyl (C=O) groups is 1. The Morgan fingerprint density at radius 3 is 2.88 bits per heavy atom. The molecule has 40 heavy (non-hydrogen) atoms. The van der Waals surface area contributed by atoms with Crippen LogP contribution >= 0.6 is 22.9 Å². The first-order chi connectivity index (χ1) is 19.6. The summed E-state index contributed by atoms with van der Waals surface area (Å²) in [4.78, 5) is 32.5. The molecular weight excluding hydrogens is 548 g/mol. The van der Waals surface area contributed by atoms with E-state index in [9.17, 15) is 4.79 Å². The van der Waals surface area contributed by atoms with E-state index in [1.54, 1.807) is 29.9 Å². The summed E-state index contributed by atoms with van der Waals surface area (Å²) >= 11 is 8.15. The highest BCUT2D eigenvalue weighted by Gasteiger charge is 2.25. The van der Waals surface area contributed by atoms with Crippen LogP contribution in [0.1, 0.15) is 16.1 Å². The van der Waals surface area contributed by atoms with Crippen LogP contribution in [0.15, 0.2) is 61.1 Å². The third kappa shape index (κ3) is 6.10. The van der Waals surface area contributed by atoms with Crippen molar-refractivity contribution in [3.8, 4) is 5.75 Å². The maximum absolute atomic E-state index is 12.9. The minimum atomic E-state index is 0.0424. The topological polar surface area (TPSA) is 92.7 Å². The SMILES string of the molecule is O=C(/C=C/CN1CCOCC1)N1CCc2c(sc3ncnc(Nc4ccc(OCc5ccccn5)c(Cl)c4)c23)C1. The summed E-state index contributed by atoms with van der Waals surface area (Å²) in [6, 6.07) is 11.3. The number of fused-ring (bicyclic) bond motifs is 3. The maximum Gasteiger partial charge on any atom is 0.246 e. The van der Waals surface area contributed by atoms with Gasteiger partial charge < -0.3 is 19.7 Å². The van der Waals surface area contributed by atoms with Crippen molar-refractivity contribution < 1.29 is 14.3 Å². The molecule has 11 heteroatoms. The minimum Gasteiger partial charge on any atom is -0.486 e. The lowest BCUT2D eigenvalue weighted by Crippen LogP contribution is -2.37. The third-order valence-corrected chi connectivity index (χ3v) is 8.39. The average molecular weight is 577 g/mol. The molecule has 6 rings (SSSR count). The van der Waals surface area contributed by atoms with Crippen molar-refractivity contribution in [1.82, 2.24) is 24.8 Å². The van der Waals surface area contributed by atoms with E-state index in [0.29, 0.717) is 30.5 Å². The van der Waals surface area contributed by atoms with Gasteiger partial charge in [-0.15, -0.1) is 11.3 Å². The number of nitrogens with zero attached hydrogens (tertiary/aromatic N) is 5. The van der Waals surface area contributed by atoms with Crippen LogP contribution < -0.4 is 10.1 Å². The number of hydrogen-bond acceptors (Lipinski definition) is 9. The molecule has 5 heterocycles. The molecule has 1 aromatic carbocycles. The van der Waals surface area contributed by atoms with E-state index in [-0.39, 0.29) is 5.91 Å². The minimum absolute atomic E-state index is 0.0424. The van der Waals surface area contributed by atoms with E-state index in [4.69, 9.17) is 21.1 Å². The quantitative estimate of drug-likeness (QED) is 0.298. The van der Waals surface area contributed by atoms with Gasteiger partial charge in [0, 0.05) is 49.0 Å². The Hall–Kier alpha value is -3.57. The van der Waals surface area contributed by atoms with E-state index in [1.165, 1.54) is 5.56 Å². The lowest BCUT2D eigenvalue weighted by Gasteiger charge is -2.27. The highest BCUT2D eigenvalue weighted by molar-refractivity contribution is 7.19. The Morgan fingerprint density at radius 2 is 2.05 bits per heavy atom. The van der Waals surface area contributed by atoms with Crippen LogP contribution in [0.25, 0.3) is 10.2 Å². The van der Waals surface area contributed by atoms with Crippen molar-refractivity contribution in [2.24, 2.45) is 0 Å². The first-order valence-corrected chi connectivity index (χ1v) is 14.4. The van der Waals surface area contributed by atoms with Crippen LogP contribution in [0, 0.1) is 0 Å². The van der Waals surface area contributed by atoms with Gasteiger partial charge in [0.25, 0.3) is 0 Å². The van der Waals surface area contributed by atoms with Crippen molar-refractivity contribution in [2.45, 2.75) is 19.6 Å². The van der Waals surface area contributed by atoms with E-state index in [1.807, 2.05) is 47.4 Å². The van der Waals surface area contributed by atoms with Crippen LogP contribution in [-0.4, -0.2) is 70.1 Å². The number of rotatable bonds is 8. The molecular formula is C29H29ClN6O3S. The number of thiophene rings is 1. The summed E-state index contributed by atoms with van der Waals surface area (Å²) < 4.78 is 11.2. The number of benzene rings is 1. The molecule has 0 atom stereocenters. The Labute approximate surface area is 241 Å². The Morgan fingerprint density at radius 1 is 1.15 bits per heavy atom. The van der Waals surface area contributed by atoms with E-state index < -0.39 is 0 Å². The number of carbonyl (C=O) groups excluding carboxylic acids is 1. The monoisotopic (exact) mass is 576 g/mol. The number of nitrogens with one attached hydrogen (secondary N) is 1. The predicted octanol–water partition coefficient (Wildman–Crippen LogP) is 4.84. The van der Waals surface area contributed by atoms with Gasteiger partial charge in [0.1, 0.15) is 29.3 Å². The van der Waals surface area contributed by atoms with Crippen molar-refractivity contribution in [2.75, 3.05) is 44.7 Å². The number of morpholine rings is 1. The molecule has 0 bridgehead atoms. The zero-order valence-electron chi connectivity index (χ0n) is 21.9. The van der Waals surface area contributed by atoms with Crippen LogP contribution in [0.5, 0.6) is 5.75 Å². The zero-order chi connectivity index (χ0) is 27.3. The summed E-state index contributed by atoms with van der Waals surface area (Å²) in [5, 5.41) is 4.91. The summed E-state index contributed by atoms with van der Waals surface area (Å²) in [6.07, 6.45) is 7.71. The highest BCUT2D eigenvalue weighted by atomic mass is 35.5. The number of amides is 1. The lowest BCUT2D eigenvalue weighted by molar-refractivity contribution is -0.126. The van der Waals surface area contributed by atoms with Gasteiger partial charge in [0.05, 0.1) is 35.9 Å². The molecule has 1 amide bonds. The molecule has 1 fully saturated rings. The van der Waals surface area contributed by atoms with Crippen molar-refractivity contribution >= 4 is 50.6 Å². The summed E-state index contributed by atoms with van der Waals surface area (Å²) in [5.41, 5.74) is 2.83. The number of ether oxygens (including phenoxy) is 2. The molecule has 9 nitrogen and oxygen atoms in total. The molecule has 2 aliphatic heterocycles. The zero-order valence-corrected chi connectivity index (χ0v) is 23.5. The maximum atomic E-state index is 12.9. The third-order valence-electron chi connectivity index (χ3n) is 6.97. The van der Waals surface area contributed by atoms with Gasteiger partial charge in [-0.1, -0.05) is 23.7 Å². The molecule has 206 valence electrons. The molecule has 4 aromatic rings. The van der Waals surface area contributed by atoms with E-state index >= 15 is 0 Å². The number of aromatic nitrogens is 3. The van der Waals surface area contributed by atoms with Crippen LogP contribution in [0.2, 0.25) is 5.02 Å². The van der Waals surface area contributed by atoms with Gasteiger partial charge in [-0.3, -0.25) is 14.7 Å². The fourth-order valence-electron chi connectivity index (χ4n) is 4.87. The van der Waals surface area contributed by atoms with Crippen LogP contribution in [0.3, 0.4) is 0 Å². The predicted molar refractivity (Wildman–Crippen MR) is 156 cm³/mol. The van der Waals surface area contributed by atoms with Gasteiger partial charge in [0.2, 0.25) is 5.91 Å². The van der Waals surface area contributed by atoms with Gasteiger partial charge in [-0.2, -0.15) is 0 Å². The number of pyridine rings is 1. The first-order valence-electron chi connectivity index (χ1n) is 13.2. The van der Waals surface area contributed by atoms with Gasteiger partial charge >= 0.3 is 0 Å². The highest BCUT2D eigenvalue weighted by Crippen LogP contribution is 2.38. The smallest absolute Gasteiger partial charge is 0.246 e. The second-order valence-corrected chi connectivity index (χ2v) is 11.1. The van der Waals surface area contributed by atoms with Gasteiger partial charge in [0.15, 0.2) is 0 Å². The number of anilines is 2. The second-order valence-electron chi connectivity index (χ2n) is 9.61. The van der Waals surface area contributed by atoms with Crippen molar-refractivity contribution in [1.29, 1.82) is 0 Å². The molecule has 1 N–H and O–H groups in total.